The van der Waals surface area contributed by atoms with E-state index in [2.05, 4.69) is 43.3 Å². The number of nitrogens with one attached hydrogen (secondary N) is 1. The molecule has 1 aromatic carbocycles. The molecule has 25 heavy (non-hydrogen) atoms. The summed E-state index contributed by atoms with van der Waals surface area (Å²) in [7, 11) is 0. The maximum atomic E-state index is 6.17. The standard InChI is InChI=1S/C19H26N6/c1-13-23-24-18-10-9-14(12-25(13)18)11-21-19(20)22-17-8-4-6-15-5-2-3-7-16(15)17/h4,6,8,14H,2-3,5,7,9-12H2,1H3,(H3,20,21,22). The molecule has 0 bridgehead atoms. The number of guanidine groups is 1. The van der Waals surface area contributed by atoms with E-state index in [1.54, 1.807) is 0 Å². The molecule has 1 unspecified atom stereocenters. The van der Waals surface area contributed by atoms with Crippen molar-refractivity contribution in [3.05, 3.63) is 41.0 Å². The second-order valence-electron chi connectivity index (χ2n) is 7.18. The van der Waals surface area contributed by atoms with Gasteiger partial charge in [-0.1, -0.05) is 12.1 Å². The Morgan fingerprint density at radius 3 is 3.08 bits per heavy atom. The van der Waals surface area contributed by atoms with Crippen molar-refractivity contribution in [3.8, 4) is 0 Å². The fourth-order valence-electron chi connectivity index (χ4n) is 3.98. The van der Waals surface area contributed by atoms with Crippen LogP contribution in [0, 0.1) is 12.8 Å². The summed E-state index contributed by atoms with van der Waals surface area (Å²) in [5.41, 5.74) is 10.2. The maximum Gasteiger partial charge on any atom is 0.193 e. The van der Waals surface area contributed by atoms with E-state index in [-0.39, 0.29) is 0 Å². The number of hydrogen-bond acceptors (Lipinski definition) is 3. The quantitative estimate of drug-likeness (QED) is 0.665. The summed E-state index contributed by atoms with van der Waals surface area (Å²) in [5.74, 6) is 3.10. The van der Waals surface area contributed by atoms with Gasteiger partial charge < -0.3 is 15.6 Å². The van der Waals surface area contributed by atoms with Crippen LogP contribution in [-0.2, 0) is 25.8 Å². The monoisotopic (exact) mass is 338 g/mol. The molecule has 0 amide bonds. The molecule has 3 N–H and O–H groups in total. The summed E-state index contributed by atoms with van der Waals surface area (Å²) in [5, 5.41) is 11.7. The van der Waals surface area contributed by atoms with Crippen LogP contribution in [0.1, 0.15) is 42.0 Å². The molecule has 1 aromatic heterocycles. The van der Waals surface area contributed by atoms with Crippen molar-refractivity contribution in [3.63, 3.8) is 0 Å². The van der Waals surface area contributed by atoms with E-state index in [1.807, 2.05) is 6.92 Å². The minimum absolute atomic E-state index is 0.493. The van der Waals surface area contributed by atoms with E-state index in [9.17, 15) is 0 Å². The van der Waals surface area contributed by atoms with Gasteiger partial charge >= 0.3 is 0 Å². The molecule has 2 aliphatic rings. The van der Waals surface area contributed by atoms with E-state index in [0.29, 0.717) is 11.9 Å². The molecule has 0 spiro atoms. The Morgan fingerprint density at radius 1 is 1.28 bits per heavy atom. The number of benzene rings is 1. The first-order valence-corrected chi connectivity index (χ1v) is 9.27. The summed E-state index contributed by atoms with van der Waals surface area (Å²) in [6.45, 7) is 3.69. The van der Waals surface area contributed by atoms with Gasteiger partial charge in [0.1, 0.15) is 11.6 Å². The van der Waals surface area contributed by atoms with Crippen molar-refractivity contribution in [1.29, 1.82) is 0 Å². The Kier molecular flexibility index (Phi) is 4.42. The van der Waals surface area contributed by atoms with Gasteiger partial charge in [0.25, 0.3) is 0 Å². The van der Waals surface area contributed by atoms with Gasteiger partial charge in [-0.25, -0.2) is 0 Å². The zero-order chi connectivity index (χ0) is 17.2. The summed E-state index contributed by atoms with van der Waals surface area (Å²) in [6.07, 6.45) is 6.91. The molecular formula is C19H26N6. The predicted molar refractivity (Wildman–Crippen MR) is 99.8 cm³/mol. The van der Waals surface area contributed by atoms with Gasteiger partial charge in [0.2, 0.25) is 0 Å². The van der Waals surface area contributed by atoms with E-state index in [1.165, 1.54) is 30.4 Å². The highest BCUT2D eigenvalue weighted by molar-refractivity contribution is 5.93. The fraction of sp³-hybridized carbons (Fsp3) is 0.526. The first-order valence-electron chi connectivity index (χ1n) is 9.27. The SMILES string of the molecule is Cc1nnc2n1CC(CN=C(N)Nc1cccc3c1CCCC3)CC2. The molecule has 0 saturated heterocycles. The number of fused-ring (bicyclic) bond motifs is 2. The average Bonchev–Trinajstić information content (AvgIpc) is 3.01. The summed E-state index contributed by atoms with van der Waals surface area (Å²) < 4.78 is 2.21. The molecule has 6 heteroatoms. The Bertz CT molecular complexity index is 791. The second-order valence-corrected chi connectivity index (χ2v) is 7.18. The molecule has 0 saturated carbocycles. The van der Waals surface area contributed by atoms with Crippen LogP contribution < -0.4 is 11.1 Å². The van der Waals surface area contributed by atoms with Crippen molar-refractivity contribution in [2.24, 2.45) is 16.6 Å². The molecule has 132 valence electrons. The third kappa shape index (κ3) is 3.38. The molecule has 2 aromatic rings. The van der Waals surface area contributed by atoms with Crippen LogP contribution >= 0.6 is 0 Å². The lowest BCUT2D eigenvalue weighted by molar-refractivity contribution is 0.370. The minimum Gasteiger partial charge on any atom is -0.370 e. The second kappa shape index (κ2) is 6.86. The topological polar surface area (TPSA) is 81.1 Å². The first-order chi connectivity index (χ1) is 12.2. The number of nitrogens with zero attached hydrogens (tertiary/aromatic N) is 4. The van der Waals surface area contributed by atoms with Gasteiger partial charge in [-0.2, -0.15) is 0 Å². The van der Waals surface area contributed by atoms with Crippen molar-refractivity contribution < 1.29 is 0 Å². The molecule has 4 rings (SSSR count). The van der Waals surface area contributed by atoms with Crippen molar-refractivity contribution in [1.82, 2.24) is 14.8 Å². The zero-order valence-electron chi connectivity index (χ0n) is 14.8. The lowest BCUT2D eigenvalue weighted by Gasteiger charge is -2.23. The summed E-state index contributed by atoms with van der Waals surface area (Å²) in [6, 6.07) is 6.45. The van der Waals surface area contributed by atoms with Gasteiger partial charge in [0.15, 0.2) is 5.96 Å². The first kappa shape index (κ1) is 16.1. The Labute approximate surface area is 148 Å². The minimum atomic E-state index is 0.493. The Hall–Kier alpha value is -2.37. The number of aryl methyl sites for hydroxylation is 3. The Morgan fingerprint density at radius 2 is 2.16 bits per heavy atom. The predicted octanol–water partition coefficient (Wildman–Crippen LogP) is 2.45. The van der Waals surface area contributed by atoms with Crippen molar-refractivity contribution >= 4 is 11.6 Å². The number of rotatable bonds is 3. The van der Waals surface area contributed by atoms with Gasteiger partial charge in [-0.3, -0.25) is 4.99 Å². The lowest BCUT2D eigenvalue weighted by atomic mass is 9.90. The molecule has 1 aliphatic carbocycles. The highest BCUT2D eigenvalue weighted by Gasteiger charge is 2.21. The number of aromatic nitrogens is 3. The van der Waals surface area contributed by atoms with E-state index < -0.39 is 0 Å². The van der Waals surface area contributed by atoms with Crippen molar-refractivity contribution in [2.45, 2.75) is 52.0 Å². The smallest absolute Gasteiger partial charge is 0.193 e. The molecule has 2 heterocycles. The number of anilines is 1. The molecule has 1 aliphatic heterocycles. The number of nitrogens with two attached hydrogens (primary N) is 1. The van der Waals surface area contributed by atoms with Crippen LogP contribution in [0.3, 0.4) is 0 Å². The molecule has 0 radical (unpaired) electrons. The fourth-order valence-corrected chi connectivity index (χ4v) is 3.98. The van der Waals surface area contributed by atoms with Crippen LogP contribution in [0.25, 0.3) is 0 Å². The van der Waals surface area contributed by atoms with Gasteiger partial charge in [0, 0.05) is 25.2 Å². The van der Waals surface area contributed by atoms with E-state index in [4.69, 9.17) is 5.73 Å². The maximum absolute atomic E-state index is 6.17. The molecule has 0 fully saturated rings. The number of aliphatic imine (C=N–C) groups is 1. The van der Waals surface area contributed by atoms with Crippen LogP contribution in [0.4, 0.5) is 5.69 Å². The summed E-state index contributed by atoms with van der Waals surface area (Å²) >= 11 is 0. The van der Waals surface area contributed by atoms with Gasteiger partial charge in [0.05, 0.1) is 0 Å². The van der Waals surface area contributed by atoms with Crippen LogP contribution in [0.2, 0.25) is 0 Å². The normalized spacial score (nSPS) is 20.0. The van der Waals surface area contributed by atoms with Gasteiger partial charge in [-0.15, -0.1) is 10.2 Å². The largest absolute Gasteiger partial charge is 0.370 e. The third-order valence-corrected chi connectivity index (χ3v) is 5.41. The third-order valence-electron chi connectivity index (χ3n) is 5.41. The van der Waals surface area contributed by atoms with Crippen LogP contribution in [0.15, 0.2) is 23.2 Å². The zero-order valence-corrected chi connectivity index (χ0v) is 14.8. The number of hydrogen-bond donors (Lipinski definition) is 2. The van der Waals surface area contributed by atoms with Crippen molar-refractivity contribution in [2.75, 3.05) is 11.9 Å². The molecule has 6 nitrogen and oxygen atoms in total. The van der Waals surface area contributed by atoms with E-state index >= 15 is 0 Å². The molecule has 1 atom stereocenters. The van der Waals surface area contributed by atoms with Gasteiger partial charge in [-0.05, 0) is 62.1 Å². The summed E-state index contributed by atoms with van der Waals surface area (Å²) in [4.78, 5) is 4.61. The van der Waals surface area contributed by atoms with E-state index in [0.717, 1.165) is 49.7 Å². The Balaban J connectivity index is 1.41. The average molecular weight is 338 g/mol. The van der Waals surface area contributed by atoms with Crippen LogP contribution in [0.5, 0.6) is 0 Å². The highest BCUT2D eigenvalue weighted by Crippen LogP contribution is 2.27. The molecular weight excluding hydrogens is 312 g/mol. The lowest BCUT2D eigenvalue weighted by Crippen LogP contribution is -2.27. The van der Waals surface area contributed by atoms with Crippen LogP contribution in [-0.4, -0.2) is 27.3 Å². The highest BCUT2D eigenvalue weighted by atomic mass is 15.3.